The highest BCUT2D eigenvalue weighted by Gasteiger charge is 2.26. The zero-order valence-corrected chi connectivity index (χ0v) is 16.1. The van der Waals surface area contributed by atoms with Crippen LogP contribution in [0.15, 0.2) is 30.3 Å². The van der Waals surface area contributed by atoms with E-state index in [2.05, 4.69) is 0 Å². The summed E-state index contributed by atoms with van der Waals surface area (Å²) in [5.41, 5.74) is -0.686. The molecular formula is C19H16Cl2FNO5. The summed E-state index contributed by atoms with van der Waals surface area (Å²) in [6, 6.07) is 5.82. The highest BCUT2D eigenvalue weighted by molar-refractivity contribution is 6.35. The maximum Gasteiger partial charge on any atom is 0.345 e. The van der Waals surface area contributed by atoms with Crippen molar-refractivity contribution in [1.29, 1.82) is 0 Å². The van der Waals surface area contributed by atoms with Gasteiger partial charge in [0.2, 0.25) is 0 Å². The van der Waals surface area contributed by atoms with Crippen LogP contribution in [0.1, 0.15) is 42.5 Å². The average Bonchev–Trinajstić information content (AvgIpc) is 2.65. The van der Waals surface area contributed by atoms with E-state index in [0.29, 0.717) is 0 Å². The topological polar surface area (TPSA) is 78.7 Å². The summed E-state index contributed by atoms with van der Waals surface area (Å²) in [5, 5.41) is 11.3. The Labute approximate surface area is 170 Å². The second-order valence-electron chi connectivity index (χ2n) is 6.40. The fraction of sp³-hybridized carbons (Fsp3) is 0.316. The molecule has 148 valence electrons. The summed E-state index contributed by atoms with van der Waals surface area (Å²) < 4.78 is 24.9. The lowest BCUT2D eigenvalue weighted by Crippen LogP contribution is -2.21. The van der Waals surface area contributed by atoms with E-state index in [9.17, 15) is 19.3 Å². The van der Waals surface area contributed by atoms with Crippen LogP contribution in [0.3, 0.4) is 0 Å². The SMILES string of the molecule is O=C(OC1CCCCC1)c1cc(Oc2c(F)cc(Cl)cc2Cl)ccc1[N+](=O)[O-]. The van der Waals surface area contributed by atoms with Crippen LogP contribution in [0.4, 0.5) is 10.1 Å². The highest BCUT2D eigenvalue weighted by Crippen LogP contribution is 2.36. The lowest BCUT2D eigenvalue weighted by atomic mass is 9.98. The van der Waals surface area contributed by atoms with Gasteiger partial charge in [0.1, 0.15) is 17.4 Å². The summed E-state index contributed by atoms with van der Waals surface area (Å²) in [6.45, 7) is 0. The zero-order chi connectivity index (χ0) is 20.3. The summed E-state index contributed by atoms with van der Waals surface area (Å²) >= 11 is 11.7. The smallest absolute Gasteiger partial charge is 0.345 e. The van der Waals surface area contributed by atoms with E-state index in [1.165, 1.54) is 12.1 Å². The zero-order valence-electron chi connectivity index (χ0n) is 14.6. The highest BCUT2D eigenvalue weighted by atomic mass is 35.5. The monoisotopic (exact) mass is 427 g/mol. The third-order valence-corrected chi connectivity index (χ3v) is 4.89. The quantitative estimate of drug-likeness (QED) is 0.316. The number of esters is 1. The van der Waals surface area contributed by atoms with Crippen molar-refractivity contribution < 1.29 is 23.6 Å². The Hall–Kier alpha value is -2.38. The summed E-state index contributed by atoms with van der Waals surface area (Å²) in [4.78, 5) is 23.1. The number of nitro groups is 1. The number of nitrogens with zero attached hydrogens (tertiary/aromatic N) is 1. The van der Waals surface area contributed by atoms with Gasteiger partial charge in [0.25, 0.3) is 5.69 Å². The number of carbonyl (C=O) groups excluding carboxylic acids is 1. The van der Waals surface area contributed by atoms with Crippen LogP contribution in [0, 0.1) is 15.9 Å². The summed E-state index contributed by atoms with van der Waals surface area (Å²) in [7, 11) is 0. The van der Waals surface area contributed by atoms with Crippen LogP contribution in [0.25, 0.3) is 0 Å². The summed E-state index contributed by atoms with van der Waals surface area (Å²) in [6.07, 6.45) is 4.14. The molecule has 0 saturated heterocycles. The van der Waals surface area contributed by atoms with Crippen LogP contribution in [-0.2, 0) is 4.74 Å². The maximum absolute atomic E-state index is 14.1. The molecule has 9 heteroatoms. The van der Waals surface area contributed by atoms with Gasteiger partial charge in [-0.1, -0.05) is 29.6 Å². The van der Waals surface area contributed by atoms with E-state index >= 15 is 0 Å². The molecule has 0 aromatic heterocycles. The van der Waals surface area contributed by atoms with Gasteiger partial charge >= 0.3 is 5.97 Å². The van der Waals surface area contributed by atoms with Crippen LogP contribution < -0.4 is 4.74 Å². The van der Waals surface area contributed by atoms with Crippen LogP contribution in [0.5, 0.6) is 11.5 Å². The predicted molar refractivity (Wildman–Crippen MR) is 102 cm³/mol. The molecule has 0 aliphatic heterocycles. The number of carbonyl (C=O) groups is 1. The van der Waals surface area contributed by atoms with Crippen molar-refractivity contribution >= 4 is 34.9 Å². The Kier molecular flexibility index (Phi) is 6.36. The minimum atomic E-state index is -0.813. The summed E-state index contributed by atoms with van der Waals surface area (Å²) in [5.74, 6) is -1.91. The van der Waals surface area contributed by atoms with Gasteiger partial charge in [0, 0.05) is 17.2 Å². The van der Waals surface area contributed by atoms with E-state index in [1.54, 1.807) is 0 Å². The van der Waals surface area contributed by atoms with Gasteiger partial charge in [0.15, 0.2) is 11.6 Å². The fourth-order valence-electron chi connectivity index (χ4n) is 3.04. The van der Waals surface area contributed by atoms with Crippen molar-refractivity contribution in [3.05, 3.63) is 61.9 Å². The van der Waals surface area contributed by atoms with Gasteiger partial charge in [0.05, 0.1) is 9.95 Å². The molecule has 6 nitrogen and oxygen atoms in total. The molecule has 2 aromatic carbocycles. The van der Waals surface area contributed by atoms with Crippen LogP contribution >= 0.6 is 23.2 Å². The first kappa shape index (κ1) is 20.4. The van der Waals surface area contributed by atoms with Crippen molar-refractivity contribution in [2.75, 3.05) is 0 Å². The molecule has 1 saturated carbocycles. The molecule has 0 unspecified atom stereocenters. The van der Waals surface area contributed by atoms with E-state index in [-0.39, 0.29) is 33.2 Å². The molecule has 1 fully saturated rings. The first-order chi connectivity index (χ1) is 13.3. The molecule has 28 heavy (non-hydrogen) atoms. The van der Waals surface area contributed by atoms with E-state index in [0.717, 1.165) is 50.3 Å². The Balaban J connectivity index is 1.89. The Morgan fingerprint density at radius 3 is 2.50 bits per heavy atom. The molecule has 0 spiro atoms. The van der Waals surface area contributed by atoms with Gasteiger partial charge in [-0.05, 0) is 43.9 Å². The maximum atomic E-state index is 14.1. The molecule has 0 amide bonds. The van der Waals surface area contributed by atoms with Crippen molar-refractivity contribution in [3.63, 3.8) is 0 Å². The van der Waals surface area contributed by atoms with Crippen molar-refractivity contribution in [3.8, 4) is 11.5 Å². The van der Waals surface area contributed by atoms with Crippen molar-refractivity contribution in [2.24, 2.45) is 0 Å². The Bertz CT molecular complexity index is 892. The first-order valence-corrected chi connectivity index (χ1v) is 9.42. The number of hydrogen-bond acceptors (Lipinski definition) is 5. The Morgan fingerprint density at radius 2 is 1.86 bits per heavy atom. The van der Waals surface area contributed by atoms with Gasteiger partial charge in [-0.15, -0.1) is 0 Å². The second kappa shape index (κ2) is 8.75. The third-order valence-electron chi connectivity index (χ3n) is 4.39. The minimum Gasteiger partial charge on any atom is -0.459 e. The number of halogens is 3. The van der Waals surface area contributed by atoms with Gasteiger partial charge < -0.3 is 9.47 Å². The van der Waals surface area contributed by atoms with Gasteiger partial charge in [-0.3, -0.25) is 10.1 Å². The molecule has 0 heterocycles. The largest absolute Gasteiger partial charge is 0.459 e. The lowest BCUT2D eigenvalue weighted by molar-refractivity contribution is -0.385. The van der Waals surface area contributed by atoms with Gasteiger partial charge in [-0.25, -0.2) is 9.18 Å². The Morgan fingerprint density at radius 1 is 1.14 bits per heavy atom. The molecule has 0 N–H and O–H groups in total. The normalized spacial score (nSPS) is 14.5. The number of nitro benzene ring substituents is 1. The first-order valence-electron chi connectivity index (χ1n) is 8.67. The molecule has 1 aliphatic rings. The van der Waals surface area contributed by atoms with Crippen molar-refractivity contribution in [1.82, 2.24) is 0 Å². The molecular weight excluding hydrogens is 412 g/mol. The molecule has 0 atom stereocenters. The second-order valence-corrected chi connectivity index (χ2v) is 7.25. The molecule has 0 radical (unpaired) electrons. The lowest BCUT2D eigenvalue weighted by Gasteiger charge is -2.21. The van der Waals surface area contributed by atoms with Gasteiger partial charge in [-0.2, -0.15) is 0 Å². The molecule has 2 aromatic rings. The number of ether oxygens (including phenoxy) is 2. The van der Waals surface area contributed by atoms with E-state index < -0.39 is 22.4 Å². The minimum absolute atomic E-state index is 0.00400. The van der Waals surface area contributed by atoms with Crippen LogP contribution in [0.2, 0.25) is 10.0 Å². The number of hydrogen-bond donors (Lipinski definition) is 0. The molecule has 1 aliphatic carbocycles. The van der Waals surface area contributed by atoms with Crippen molar-refractivity contribution in [2.45, 2.75) is 38.2 Å². The third kappa shape index (κ3) is 4.72. The van der Waals surface area contributed by atoms with E-state index in [1.807, 2.05) is 0 Å². The average molecular weight is 428 g/mol. The predicted octanol–water partition coefficient (Wildman–Crippen LogP) is 6.32. The number of rotatable bonds is 5. The molecule has 3 rings (SSSR count). The van der Waals surface area contributed by atoms with Crippen LogP contribution in [-0.4, -0.2) is 17.0 Å². The van der Waals surface area contributed by atoms with E-state index in [4.69, 9.17) is 32.7 Å². The standard InChI is InChI=1S/C19H16Cl2FNO5/c20-11-8-15(21)18(16(22)9-11)27-13-6-7-17(23(25)26)14(10-13)19(24)28-12-4-2-1-3-5-12/h6-10,12H,1-5H2. The number of benzene rings is 2. The molecule has 0 bridgehead atoms. The fourth-order valence-corrected chi connectivity index (χ4v) is 3.55.